The van der Waals surface area contributed by atoms with E-state index in [2.05, 4.69) is 36.2 Å². The van der Waals surface area contributed by atoms with E-state index in [1.54, 1.807) is 35.3 Å². The van der Waals surface area contributed by atoms with Gasteiger partial charge in [-0.2, -0.15) is 0 Å². The van der Waals surface area contributed by atoms with Crippen molar-refractivity contribution >= 4 is 35.3 Å². The van der Waals surface area contributed by atoms with Gasteiger partial charge in [0.05, 0.1) is 6.10 Å². The van der Waals surface area contributed by atoms with Crippen LogP contribution in [0.5, 0.6) is 0 Å². The summed E-state index contributed by atoms with van der Waals surface area (Å²) in [7, 11) is 1.85. The van der Waals surface area contributed by atoms with Crippen LogP contribution in [0.15, 0.2) is 26.8 Å². The number of thioether (sulfide) groups is 3. The Balaban J connectivity index is 3.17. The van der Waals surface area contributed by atoms with Gasteiger partial charge in [0.2, 0.25) is 0 Å². The molecule has 0 fully saturated rings. The van der Waals surface area contributed by atoms with E-state index in [1.807, 2.05) is 7.05 Å². The SMILES string of the molecule is CNCC(O)c1cc(SC)c(SC)c(SC)c1. The predicted molar refractivity (Wildman–Crippen MR) is 80.7 cm³/mol. The van der Waals surface area contributed by atoms with E-state index in [1.165, 1.54) is 14.7 Å². The first-order valence-electron chi connectivity index (χ1n) is 5.30. The fourth-order valence-corrected chi connectivity index (χ4v) is 4.29. The highest BCUT2D eigenvalue weighted by Gasteiger charge is 2.13. The minimum absolute atomic E-state index is 0.437. The zero-order valence-electron chi connectivity index (χ0n) is 10.6. The first-order valence-corrected chi connectivity index (χ1v) is 8.97. The van der Waals surface area contributed by atoms with Crippen LogP contribution in [0.3, 0.4) is 0 Å². The number of rotatable bonds is 6. The van der Waals surface area contributed by atoms with Crippen molar-refractivity contribution in [2.45, 2.75) is 20.8 Å². The van der Waals surface area contributed by atoms with Crippen molar-refractivity contribution in [1.29, 1.82) is 0 Å². The molecule has 5 heteroatoms. The highest BCUT2D eigenvalue weighted by molar-refractivity contribution is 8.03. The average molecular weight is 289 g/mol. The molecule has 0 aliphatic carbocycles. The van der Waals surface area contributed by atoms with Crippen LogP contribution in [0.25, 0.3) is 0 Å². The van der Waals surface area contributed by atoms with Crippen LogP contribution >= 0.6 is 35.3 Å². The van der Waals surface area contributed by atoms with Gasteiger partial charge in [-0.25, -0.2) is 0 Å². The molecule has 1 aromatic carbocycles. The van der Waals surface area contributed by atoms with Crippen LogP contribution in [0, 0.1) is 0 Å². The maximum atomic E-state index is 10.0. The van der Waals surface area contributed by atoms with Crippen LogP contribution in [-0.4, -0.2) is 37.5 Å². The Hall–Kier alpha value is 0.190. The highest BCUT2D eigenvalue weighted by atomic mass is 32.2. The second-order valence-corrected chi connectivity index (χ2v) is 6.04. The fourth-order valence-electron chi connectivity index (χ4n) is 1.60. The molecule has 0 spiro atoms. The highest BCUT2D eigenvalue weighted by Crippen LogP contribution is 2.38. The van der Waals surface area contributed by atoms with Crippen LogP contribution in [0.4, 0.5) is 0 Å². The van der Waals surface area contributed by atoms with Crippen molar-refractivity contribution in [2.75, 3.05) is 32.4 Å². The molecule has 2 N–H and O–H groups in total. The molecule has 0 amide bonds. The monoisotopic (exact) mass is 289 g/mol. The molecule has 1 rings (SSSR count). The van der Waals surface area contributed by atoms with Gasteiger partial charge in [0.25, 0.3) is 0 Å². The number of aliphatic hydroxyl groups is 1. The van der Waals surface area contributed by atoms with Gasteiger partial charge in [-0.1, -0.05) is 0 Å². The molecule has 96 valence electrons. The molecule has 17 heavy (non-hydrogen) atoms. The standard InChI is InChI=1S/C12H19NOS3/c1-13-7-9(14)8-5-10(15-2)12(17-4)11(6-8)16-3/h5-6,9,13-14H,7H2,1-4H3. The van der Waals surface area contributed by atoms with E-state index >= 15 is 0 Å². The molecule has 1 atom stereocenters. The van der Waals surface area contributed by atoms with E-state index in [0.717, 1.165) is 5.56 Å². The molecule has 2 nitrogen and oxygen atoms in total. The summed E-state index contributed by atoms with van der Waals surface area (Å²) in [6.45, 7) is 0.584. The van der Waals surface area contributed by atoms with Crippen molar-refractivity contribution < 1.29 is 5.11 Å². The van der Waals surface area contributed by atoms with Gasteiger partial charge in [0, 0.05) is 21.2 Å². The van der Waals surface area contributed by atoms with Crippen LogP contribution < -0.4 is 5.32 Å². The molecule has 0 bridgehead atoms. The lowest BCUT2D eigenvalue weighted by Crippen LogP contribution is -2.16. The lowest BCUT2D eigenvalue weighted by molar-refractivity contribution is 0.177. The van der Waals surface area contributed by atoms with Gasteiger partial charge in [-0.05, 0) is 43.5 Å². The van der Waals surface area contributed by atoms with Crippen molar-refractivity contribution in [1.82, 2.24) is 5.32 Å². The maximum absolute atomic E-state index is 10.0. The largest absolute Gasteiger partial charge is 0.387 e. The van der Waals surface area contributed by atoms with Gasteiger partial charge in [0.15, 0.2) is 0 Å². The lowest BCUT2D eigenvalue weighted by atomic mass is 10.1. The maximum Gasteiger partial charge on any atom is 0.0915 e. The van der Waals surface area contributed by atoms with Gasteiger partial charge in [-0.15, -0.1) is 35.3 Å². The molecular formula is C12H19NOS3. The third-order valence-electron chi connectivity index (χ3n) is 2.47. The number of likely N-dealkylation sites (N-methyl/N-ethyl adjacent to an activating group) is 1. The van der Waals surface area contributed by atoms with Crippen molar-refractivity contribution in [3.63, 3.8) is 0 Å². The molecule has 1 unspecified atom stereocenters. The summed E-state index contributed by atoms with van der Waals surface area (Å²) in [6, 6.07) is 4.19. The molecule has 0 aromatic heterocycles. The number of hydrogen-bond acceptors (Lipinski definition) is 5. The van der Waals surface area contributed by atoms with E-state index in [4.69, 9.17) is 0 Å². The third kappa shape index (κ3) is 3.83. The zero-order chi connectivity index (χ0) is 12.8. The molecule has 0 radical (unpaired) electrons. The normalized spacial score (nSPS) is 12.8. The van der Waals surface area contributed by atoms with Crippen LogP contribution in [-0.2, 0) is 0 Å². The summed E-state index contributed by atoms with van der Waals surface area (Å²) < 4.78 is 0. The van der Waals surface area contributed by atoms with Crippen LogP contribution in [0.2, 0.25) is 0 Å². The molecule has 0 saturated heterocycles. The number of nitrogens with one attached hydrogen (secondary N) is 1. The van der Waals surface area contributed by atoms with Gasteiger partial charge in [0.1, 0.15) is 0 Å². The first-order chi connectivity index (χ1) is 8.17. The van der Waals surface area contributed by atoms with Gasteiger partial charge < -0.3 is 10.4 Å². The van der Waals surface area contributed by atoms with E-state index in [9.17, 15) is 5.11 Å². The summed E-state index contributed by atoms with van der Waals surface area (Å²) in [6.07, 6.45) is 5.81. The molecule has 0 aliphatic rings. The summed E-state index contributed by atoms with van der Waals surface area (Å²) >= 11 is 5.23. The van der Waals surface area contributed by atoms with Crippen LogP contribution in [0.1, 0.15) is 11.7 Å². The quantitative estimate of drug-likeness (QED) is 0.786. The summed E-state index contributed by atoms with van der Waals surface area (Å²) in [4.78, 5) is 3.80. The Kier molecular flexibility index (Phi) is 6.80. The predicted octanol–water partition coefficient (Wildman–Crippen LogP) is 3.11. The smallest absolute Gasteiger partial charge is 0.0915 e. The third-order valence-corrected chi connectivity index (χ3v) is 5.10. The minimum Gasteiger partial charge on any atom is -0.387 e. The van der Waals surface area contributed by atoms with Crippen molar-refractivity contribution in [3.05, 3.63) is 17.7 Å². The lowest BCUT2D eigenvalue weighted by Gasteiger charge is -2.16. The number of hydrogen-bond donors (Lipinski definition) is 2. The first kappa shape index (κ1) is 15.2. The van der Waals surface area contributed by atoms with Gasteiger partial charge >= 0.3 is 0 Å². The molecule has 0 saturated carbocycles. The summed E-state index contributed by atoms with van der Waals surface area (Å²) in [5, 5.41) is 13.0. The summed E-state index contributed by atoms with van der Waals surface area (Å²) in [5.41, 5.74) is 0.992. The Morgan fingerprint density at radius 3 is 2.00 bits per heavy atom. The van der Waals surface area contributed by atoms with Gasteiger partial charge in [-0.3, -0.25) is 0 Å². The molecular weight excluding hydrogens is 270 g/mol. The second-order valence-electron chi connectivity index (χ2n) is 3.53. The minimum atomic E-state index is -0.437. The van der Waals surface area contributed by atoms with E-state index in [-0.39, 0.29) is 0 Å². The second kappa shape index (κ2) is 7.59. The van der Waals surface area contributed by atoms with E-state index < -0.39 is 6.10 Å². The topological polar surface area (TPSA) is 32.3 Å². The number of aliphatic hydroxyl groups excluding tert-OH is 1. The summed E-state index contributed by atoms with van der Waals surface area (Å²) in [5.74, 6) is 0. The zero-order valence-corrected chi connectivity index (χ0v) is 13.1. The number of benzene rings is 1. The molecule has 1 aromatic rings. The Labute approximate surface area is 116 Å². The fraction of sp³-hybridized carbons (Fsp3) is 0.500. The average Bonchev–Trinajstić information content (AvgIpc) is 2.37. The Bertz CT molecular complexity index is 346. The Morgan fingerprint density at radius 2 is 1.65 bits per heavy atom. The van der Waals surface area contributed by atoms with Crippen molar-refractivity contribution in [2.24, 2.45) is 0 Å². The van der Waals surface area contributed by atoms with E-state index in [0.29, 0.717) is 6.54 Å². The van der Waals surface area contributed by atoms with Crippen molar-refractivity contribution in [3.8, 4) is 0 Å². The molecule has 0 aliphatic heterocycles. The Morgan fingerprint density at radius 1 is 1.12 bits per heavy atom. The molecule has 0 heterocycles.